The Morgan fingerprint density at radius 1 is 1.27 bits per heavy atom. The molecule has 82 valence electrons. The van der Waals surface area contributed by atoms with E-state index in [0.29, 0.717) is 25.0 Å². The summed E-state index contributed by atoms with van der Waals surface area (Å²) in [6.07, 6.45) is 1.04. The molecule has 0 aliphatic carbocycles. The van der Waals surface area contributed by atoms with Crippen LogP contribution in [0.4, 0.5) is 0 Å². The molecule has 0 aromatic heterocycles. The molecule has 1 unspecified atom stereocenters. The van der Waals surface area contributed by atoms with Crippen LogP contribution in [-0.2, 0) is 0 Å². The molecule has 0 spiro atoms. The lowest BCUT2D eigenvalue weighted by atomic mass is 9.98. The summed E-state index contributed by atoms with van der Waals surface area (Å²) in [6.45, 7) is 3.41. The van der Waals surface area contributed by atoms with Crippen LogP contribution in [0, 0.1) is 0 Å². The van der Waals surface area contributed by atoms with Gasteiger partial charge in [0.1, 0.15) is 13.2 Å². The Labute approximate surface area is 95.1 Å². The Morgan fingerprint density at radius 2 is 2.00 bits per heavy atom. The van der Waals surface area contributed by atoms with Crippen LogP contribution in [0.2, 0.25) is 0 Å². The maximum absolute atomic E-state index is 5.91. The molecule has 0 bridgehead atoms. The van der Waals surface area contributed by atoms with Gasteiger partial charge in [-0.05, 0) is 30.0 Å². The SMILES string of the molecule is CCC(CCl)c1ccc2c(c1)OCCO2. The van der Waals surface area contributed by atoms with E-state index in [0.717, 1.165) is 17.9 Å². The summed E-state index contributed by atoms with van der Waals surface area (Å²) in [6, 6.07) is 6.09. The molecule has 0 radical (unpaired) electrons. The van der Waals surface area contributed by atoms with E-state index in [-0.39, 0.29) is 0 Å². The van der Waals surface area contributed by atoms with Crippen molar-refractivity contribution in [2.45, 2.75) is 19.3 Å². The van der Waals surface area contributed by atoms with E-state index in [2.05, 4.69) is 13.0 Å². The third kappa shape index (κ3) is 2.20. The molecule has 1 aromatic carbocycles. The molecule has 2 rings (SSSR count). The second kappa shape index (κ2) is 4.75. The molecule has 1 aliphatic heterocycles. The summed E-state index contributed by atoms with van der Waals surface area (Å²) in [7, 11) is 0. The molecule has 1 heterocycles. The van der Waals surface area contributed by atoms with Crippen LogP contribution in [0.1, 0.15) is 24.8 Å². The van der Waals surface area contributed by atoms with Crippen LogP contribution in [0.25, 0.3) is 0 Å². The van der Waals surface area contributed by atoms with Crippen LogP contribution in [0.3, 0.4) is 0 Å². The summed E-state index contributed by atoms with van der Waals surface area (Å²) < 4.78 is 11.0. The van der Waals surface area contributed by atoms with Crippen molar-refractivity contribution in [2.24, 2.45) is 0 Å². The van der Waals surface area contributed by atoms with E-state index in [9.17, 15) is 0 Å². The van der Waals surface area contributed by atoms with Gasteiger partial charge in [0, 0.05) is 5.88 Å². The fourth-order valence-electron chi connectivity index (χ4n) is 1.75. The van der Waals surface area contributed by atoms with Gasteiger partial charge in [0.2, 0.25) is 0 Å². The highest BCUT2D eigenvalue weighted by Crippen LogP contribution is 2.34. The van der Waals surface area contributed by atoms with Crippen molar-refractivity contribution >= 4 is 11.6 Å². The number of hydrogen-bond acceptors (Lipinski definition) is 2. The normalized spacial score (nSPS) is 16.1. The van der Waals surface area contributed by atoms with Crippen LogP contribution < -0.4 is 9.47 Å². The minimum absolute atomic E-state index is 0.405. The molecule has 1 aromatic rings. The highest BCUT2D eigenvalue weighted by atomic mass is 35.5. The third-order valence-electron chi connectivity index (χ3n) is 2.72. The monoisotopic (exact) mass is 226 g/mol. The number of halogens is 1. The number of benzene rings is 1. The minimum atomic E-state index is 0.405. The van der Waals surface area contributed by atoms with Gasteiger partial charge in [0.15, 0.2) is 11.5 Å². The van der Waals surface area contributed by atoms with Crippen molar-refractivity contribution in [1.82, 2.24) is 0 Å². The molecule has 15 heavy (non-hydrogen) atoms. The summed E-state index contributed by atoms with van der Waals surface area (Å²) in [5, 5.41) is 0. The zero-order chi connectivity index (χ0) is 10.7. The molecule has 3 heteroatoms. The number of ether oxygens (including phenoxy) is 2. The lowest BCUT2D eigenvalue weighted by molar-refractivity contribution is 0.171. The van der Waals surface area contributed by atoms with Crippen molar-refractivity contribution in [3.05, 3.63) is 23.8 Å². The first-order valence-corrected chi connectivity index (χ1v) is 5.84. The van der Waals surface area contributed by atoms with Crippen LogP contribution >= 0.6 is 11.6 Å². The van der Waals surface area contributed by atoms with Crippen LogP contribution in [0.15, 0.2) is 18.2 Å². The van der Waals surface area contributed by atoms with Crippen molar-refractivity contribution < 1.29 is 9.47 Å². The zero-order valence-electron chi connectivity index (χ0n) is 8.83. The average Bonchev–Trinajstić information content (AvgIpc) is 2.30. The van der Waals surface area contributed by atoms with Gasteiger partial charge in [-0.15, -0.1) is 11.6 Å². The molecule has 2 nitrogen and oxygen atoms in total. The zero-order valence-corrected chi connectivity index (χ0v) is 9.59. The van der Waals surface area contributed by atoms with Gasteiger partial charge in [-0.2, -0.15) is 0 Å². The molecule has 0 saturated heterocycles. The van der Waals surface area contributed by atoms with Gasteiger partial charge in [0.25, 0.3) is 0 Å². The standard InChI is InChI=1S/C12H15ClO2/c1-2-9(8-13)10-3-4-11-12(7-10)15-6-5-14-11/h3-4,7,9H,2,5-6,8H2,1H3. The van der Waals surface area contributed by atoms with Gasteiger partial charge in [-0.1, -0.05) is 13.0 Å². The van der Waals surface area contributed by atoms with Gasteiger partial charge in [-0.3, -0.25) is 0 Å². The summed E-state index contributed by atoms with van der Waals surface area (Å²) >= 11 is 5.91. The van der Waals surface area contributed by atoms with Gasteiger partial charge < -0.3 is 9.47 Å². The smallest absolute Gasteiger partial charge is 0.161 e. The van der Waals surface area contributed by atoms with E-state index >= 15 is 0 Å². The first kappa shape index (κ1) is 10.6. The maximum atomic E-state index is 5.91. The largest absolute Gasteiger partial charge is 0.486 e. The molecule has 0 saturated carbocycles. The number of rotatable bonds is 3. The predicted molar refractivity (Wildman–Crippen MR) is 61.2 cm³/mol. The van der Waals surface area contributed by atoms with E-state index < -0.39 is 0 Å². The lowest BCUT2D eigenvalue weighted by Gasteiger charge is -2.20. The molecular weight excluding hydrogens is 212 g/mol. The van der Waals surface area contributed by atoms with E-state index in [1.807, 2.05) is 12.1 Å². The van der Waals surface area contributed by atoms with Crippen molar-refractivity contribution in [3.8, 4) is 11.5 Å². The summed E-state index contributed by atoms with van der Waals surface area (Å²) in [5.41, 5.74) is 1.23. The fraction of sp³-hybridized carbons (Fsp3) is 0.500. The Balaban J connectivity index is 2.27. The first-order valence-electron chi connectivity index (χ1n) is 5.30. The number of alkyl halides is 1. The third-order valence-corrected chi connectivity index (χ3v) is 3.09. The molecular formula is C12H15ClO2. The van der Waals surface area contributed by atoms with E-state index in [4.69, 9.17) is 21.1 Å². The Bertz CT molecular complexity index is 334. The Morgan fingerprint density at radius 3 is 2.67 bits per heavy atom. The van der Waals surface area contributed by atoms with Gasteiger partial charge >= 0.3 is 0 Å². The Kier molecular flexibility index (Phi) is 3.37. The summed E-state index contributed by atoms with van der Waals surface area (Å²) in [4.78, 5) is 0. The molecule has 0 fully saturated rings. The van der Waals surface area contributed by atoms with Gasteiger partial charge in [0.05, 0.1) is 0 Å². The van der Waals surface area contributed by atoms with Crippen LogP contribution in [-0.4, -0.2) is 19.1 Å². The summed E-state index contributed by atoms with van der Waals surface area (Å²) in [5.74, 6) is 2.75. The second-order valence-electron chi connectivity index (χ2n) is 3.66. The van der Waals surface area contributed by atoms with Gasteiger partial charge in [-0.25, -0.2) is 0 Å². The first-order chi connectivity index (χ1) is 7.35. The van der Waals surface area contributed by atoms with E-state index in [1.54, 1.807) is 0 Å². The predicted octanol–water partition coefficient (Wildman–Crippen LogP) is 3.19. The highest BCUT2D eigenvalue weighted by Gasteiger charge is 2.15. The number of fused-ring (bicyclic) bond motifs is 1. The molecule has 0 N–H and O–H groups in total. The van der Waals surface area contributed by atoms with Crippen molar-refractivity contribution in [3.63, 3.8) is 0 Å². The molecule has 0 amide bonds. The quantitative estimate of drug-likeness (QED) is 0.737. The molecule has 1 atom stereocenters. The van der Waals surface area contributed by atoms with Crippen molar-refractivity contribution in [1.29, 1.82) is 0 Å². The fourth-order valence-corrected chi connectivity index (χ4v) is 2.14. The average molecular weight is 227 g/mol. The maximum Gasteiger partial charge on any atom is 0.161 e. The van der Waals surface area contributed by atoms with Crippen LogP contribution in [0.5, 0.6) is 11.5 Å². The second-order valence-corrected chi connectivity index (χ2v) is 3.97. The topological polar surface area (TPSA) is 18.5 Å². The molecule has 1 aliphatic rings. The Hall–Kier alpha value is -0.890. The minimum Gasteiger partial charge on any atom is -0.486 e. The number of hydrogen-bond donors (Lipinski definition) is 0. The highest BCUT2D eigenvalue weighted by molar-refractivity contribution is 6.18. The van der Waals surface area contributed by atoms with E-state index in [1.165, 1.54) is 5.56 Å². The lowest BCUT2D eigenvalue weighted by Crippen LogP contribution is -2.15. The van der Waals surface area contributed by atoms with Crippen molar-refractivity contribution in [2.75, 3.05) is 19.1 Å².